The van der Waals surface area contributed by atoms with Gasteiger partial charge in [-0.05, 0) is 47.9 Å². The van der Waals surface area contributed by atoms with Gasteiger partial charge in [-0.3, -0.25) is 14.4 Å². The molecule has 0 fully saturated rings. The number of thiophene rings is 2. The fraction of sp³-hybridized carbons (Fsp3) is 0.267. The number of ketones is 1. The second-order valence-corrected chi connectivity index (χ2v) is 6.59. The van der Waals surface area contributed by atoms with E-state index in [9.17, 15) is 14.4 Å². The first-order valence-corrected chi connectivity index (χ1v) is 8.49. The van der Waals surface area contributed by atoms with Gasteiger partial charge in [0.25, 0.3) is 0 Å². The lowest BCUT2D eigenvalue weighted by atomic mass is 10.3. The van der Waals surface area contributed by atoms with Crippen LogP contribution < -0.4 is 10.6 Å². The minimum absolute atomic E-state index is 0.0353. The Kier molecular flexibility index (Phi) is 5.85. The molecule has 2 N–H and O–H groups in total. The fourth-order valence-corrected chi connectivity index (χ4v) is 3.31. The van der Waals surface area contributed by atoms with Crippen LogP contribution in [0.5, 0.6) is 0 Å². The van der Waals surface area contributed by atoms with E-state index in [-0.39, 0.29) is 5.78 Å². The van der Waals surface area contributed by atoms with Gasteiger partial charge in [0.05, 0.1) is 4.88 Å². The van der Waals surface area contributed by atoms with Crippen molar-refractivity contribution in [3.8, 4) is 0 Å². The van der Waals surface area contributed by atoms with E-state index in [1.165, 1.54) is 18.3 Å². The Balaban J connectivity index is 1.70. The molecule has 0 saturated heterocycles. The van der Waals surface area contributed by atoms with E-state index in [1.807, 2.05) is 22.9 Å². The molecule has 5 nitrogen and oxygen atoms in total. The summed E-state index contributed by atoms with van der Waals surface area (Å²) in [6.45, 7) is 2.24. The van der Waals surface area contributed by atoms with E-state index in [1.54, 1.807) is 17.4 Å². The normalized spacial score (nSPS) is 10.2. The second-order valence-electron chi connectivity index (χ2n) is 4.64. The summed E-state index contributed by atoms with van der Waals surface area (Å²) in [5.74, 6) is -1.24. The summed E-state index contributed by atoms with van der Waals surface area (Å²) < 4.78 is 0. The van der Waals surface area contributed by atoms with Crippen molar-refractivity contribution in [2.45, 2.75) is 19.9 Å². The van der Waals surface area contributed by atoms with Crippen LogP contribution in [0, 0.1) is 0 Å². The van der Waals surface area contributed by atoms with E-state index >= 15 is 0 Å². The van der Waals surface area contributed by atoms with Gasteiger partial charge < -0.3 is 10.6 Å². The van der Waals surface area contributed by atoms with Crippen LogP contribution in [0.2, 0.25) is 0 Å². The summed E-state index contributed by atoms with van der Waals surface area (Å²) in [6.07, 6.45) is 0.599. The van der Waals surface area contributed by atoms with Crippen molar-refractivity contribution in [3.63, 3.8) is 0 Å². The van der Waals surface area contributed by atoms with Crippen molar-refractivity contribution in [2.24, 2.45) is 0 Å². The van der Waals surface area contributed by atoms with Crippen LogP contribution in [0.3, 0.4) is 0 Å². The third-order valence-corrected chi connectivity index (χ3v) is 4.88. The second kappa shape index (κ2) is 7.86. The molecule has 2 rings (SSSR count). The lowest BCUT2D eigenvalue weighted by molar-refractivity contribution is -0.139. The molecule has 7 heteroatoms. The molecule has 0 aromatic carbocycles. The van der Waals surface area contributed by atoms with Gasteiger partial charge in [-0.15, -0.1) is 11.3 Å². The van der Waals surface area contributed by atoms with Crippen LogP contribution in [0.15, 0.2) is 29.0 Å². The Labute approximate surface area is 136 Å². The maximum Gasteiger partial charge on any atom is 0.309 e. The highest BCUT2D eigenvalue weighted by atomic mass is 32.1. The minimum atomic E-state index is -0.640. The molecular weight excluding hydrogens is 320 g/mol. The third-order valence-electron chi connectivity index (χ3n) is 2.90. The zero-order valence-corrected chi connectivity index (χ0v) is 13.7. The molecule has 0 aliphatic heterocycles. The molecule has 0 bridgehead atoms. The summed E-state index contributed by atoms with van der Waals surface area (Å²) in [7, 11) is 0. The lowest BCUT2D eigenvalue weighted by Gasteiger charge is -2.05. The highest BCUT2D eigenvalue weighted by molar-refractivity contribution is 7.14. The average Bonchev–Trinajstić information content (AvgIpc) is 3.16. The van der Waals surface area contributed by atoms with E-state index in [0.717, 1.165) is 10.4 Å². The third kappa shape index (κ3) is 4.78. The van der Waals surface area contributed by atoms with Crippen LogP contribution in [-0.4, -0.2) is 24.1 Å². The molecule has 2 amide bonds. The molecule has 0 atom stereocenters. The summed E-state index contributed by atoms with van der Waals surface area (Å²) in [5.41, 5.74) is 0.974. The number of amides is 2. The van der Waals surface area contributed by atoms with Gasteiger partial charge in [0.1, 0.15) is 0 Å². The van der Waals surface area contributed by atoms with E-state index in [2.05, 4.69) is 10.6 Å². The molecule has 0 saturated carbocycles. The molecule has 0 radical (unpaired) electrons. The van der Waals surface area contributed by atoms with E-state index < -0.39 is 11.8 Å². The van der Waals surface area contributed by atoms with Crippen molar-refractivity contribution < 1.29 is 14.4 Å². The van der Waals surface area contributed by atoms with Gasteiger partial charge in [-0.1, -0.05) is 0 Å². The standard InChI is InChI=1S/C15H16N2O3S2/c1-10(18)13-3-2-12(22-13)4-6-16-14(19)15(20)17-8-11-5-7-21-9-11/h2-3,5,7,9H,4,6,8H2,1H3,(H,16,19)(H,17,20). The number of nitrogens with one attached hydrogen (secondary N) is 2. The molecule has 0 aliphatic carbocycles. The first-order chi connectivity index (χ1) is 10.6. The van der Waals surface area contributed by atoms with Crippen LogP contribution in [0.25, 0.3) is 0 Å². The molecule has 2 aromatic rings. The number of hydrogen-bond acceptors (Lipinski definition) is 5. The summed E-state index contributed by atoms with van der Waals surface area (Å²) in [6, 6.07) is 5.54. The van der Waals surface area contributed by atoms with Gasteiger partial charge >= 0.3 is 11.8 Å². The van der Waals surface area contributed by atoms with E-state index in [0.29, 0.717) is 24.4 Å². The molecule has 2 heterocycles. The van der Waals surface area contributed by atoms with Crippen LogP contribution in [0.4, 0.5) is 0 Å². The average molecular weight is 336 g/mol. The smallest absolute Gasteiger partial charge is 0.309 e. The molecule has 0 unspecified atom stereocenters. The monoisotopic (exact) mass is 336 g/mol. The molecular formula is C15H16N2O3S2. The number of rotatable bonds is 6. The number of Topliss-reactive ketones (excluding diaryl/α,β-unsaturated/α-hetero) is 1. The Hall–Kier alpha value is -1.99. The molecule has 116 valence electrons. The zero-order valence-electron chi connectivity index (χ0n) is 12.0. The first kappa shape index (κ1) is 16.4. The van der Waals surface area contributed by atoms with Crippen LogP contribution in [-0.2, 0) is 22.6 Å². The first-order valence-electron chi connectivity index (χ1n) is 6.73. The van der Waals surface area contributed by atoms with Gasteiger partial charge in [0.15, 0.2) is 5.78 Å². The maximum atomic E-state index is 11.6. The van der Waals surface area contributed by atoms with Gasteiger partial charge in [0, 0.05) is 18.0 Å². The summed E-state index contributed by atoms with van der Waals surface area (Å²) in [5, 5.41) is 8.97. The van der Waals surface area contributed by atoms with Gasteiger partial charge in [0.2, 0.25) is 0 Å². The fourth-order valence-electron chi connectivity index (χ4n) is 1.74. The maximum absolute atomic E-state index is 11.6. The molecule has 2 aromatic heterocycles. The van der Waals surface area contributed by atoms with Crippen molar-refractivity contribution in [3.05, 3.63) is 44.3 Å². The van der Waals surface area contributed by atoms with Crippen molar-refractivity contribution in [1.29, 1.82) is 0 Å². The summed E-state index contributed by atoms with van der Waals surface area (Å²) >= 11 is 2.95. The van der Waals surface area contributed by atoms with Gasteiger partial charge in [-0.25, -0.2) is 0 Å². The minimum Gasteiger partial charge on any atom is -0.347 e. The number of carbonyl (C=O) groups is 3. The van der Waals surface area contributed by atoms with Crippen LogP contribution >= 0.6 is 22.7 Å². The Morgan fingerprint density at radius 2 is 1.86 bits per heavy atom. The molecule has 0 spiro atoms. The van der Waals surface area contributed by atoms with Crippen molar-refractivity contribution in [2.75, 3.05) is 6.54 Å². The van der Waals surface area contributed by atoms with Crippen molar-refractivity contribution in [1.82, 2.24) is 10.6 Å². The van der Waals surface area contributed by atoms with Crippen LogP contribution in [0.1, 0.15) is 27.0 Å². The quantitative estimate of drug-likeness (QED) is 0.626. The van der Waals surface area contributed by atoms with Crippen molar-refractivity contribution >= 4 is 40.3 Å². The predicted molar refractivity (Wildman–Crippen MR) is 87.2 cm³/mol. The number of hydrogen-bond donors (Lipinski definition) is 2. The Morgan fingerprint density at radius 1 is 1.09 bits per heavy atom. The highest BCUT2D eigenvalue weighted by Gasteiger charge is 2.12. The predicted octanol–water partition coefficient (Wildman–Crippen LogP) is 1.99. The zero-order chi connectivity index (χ0) is 15.9. The largest absolute Gasteiger partial charge is 0.347 e. The SMILES string of the molecule is CC(=O)c1ccc(CCNC(=O)C(=O)NCc2ccsc2)s1. The van der Waals surface area contributed by atoms with E-state index in [4.69, 9.17) is 0 Å². The topological polar surface area (TPSA) is 75.3 Å². The highest BCUT2D eigenvalue weighted by Crippen LogP contribution is 2.17. The summed E-state index contributed by atoms with van der Waals surface area (Å²) in [4.78, 5) is 36.1. The number of carbonyl (C=O) groups excluding carboxylic acids is 3. The lowest BCUT2D eigenvalue weighted by Crippen LogP contribution is -2.40. The molecule has 0 aliphatic rings. The van der Waals surface area contributed by atoms with Gasteiger partial charge in [-0.2, -0.15) is 11.3 Å². The molecule has 22 heavy (non-hydrogen) atoms. The Bertz CT molecular complexity index is 662. The Morgan fingerprint density at radius 3 is 2.50 bits per heavy atom.